The number of carbonyl (C=O) groups excluding carboxylic acids is 1. The molecule has 0 atom stereocenters. The van der Waals surface area contributed by atoms with Crippen molar-refractivity contribution in [1.82, 2.24) is 14.9 Å². The van der Waals surface area contributed by atoms with E-state index < -0.39 is 27.5 Å². The number of benzene rings is 1. The number of rotatable bonds is 5. The van der Waals surface area contributed by atoms with Crippen LogP contribution in [0.5, 0.6) is 0 Å². The summed E-state index contributed by atoms with van der Waals surface area (Å²) in [5.41, 5.74) is 0.897. The third-order valence-corrected chi connectivity index (χ3v) is 5.01. The molecule has 1 fully saturated rings. The van der Waals surface area contributed by atoms with Crippen LogP contribution in [-0.2, 0) is 15.8 Å². The highest BCUT2D eigenvalue weighted by Gasteiger charge is 2.27. The van der Waals surface area contributed by atoms with Crippen LogP contribution in [0.1, 0.15) is 40.5 Å². The second kappa shape index (κ2) is 5.93. The maximum absolute atomic E-state index is 13.2. The van der Waals surface area contributed by atoms with Crippen LogP contribution in [-0.4, -0.2) is 24.5 Å². The van der Waals surface area contributed by atoms with Crippen LogP contribution in [0.15, 0.2) is 24.3 Å². The number of halogens is 2. The molecule has 0 unspecified atom stereocenters. The molecule has 2 aromatic rings. The van der Waals surface area contributed by atoms with Gasteiger partial charge < -0.3 is 0 Å². The summed E-state index contributed by atoms with van der Waals surface area (Å²) in [6, 6.07) is 4.95. The molecular formula is C14H13ClFN3O3S. The van der Waals surface area contributed by atoms with Crippen molar-refractivity contribution < 1.29 is 17.6 Å². The summed E-state index contributed by atoms with van der Waals surface area (Å²) in [5, 5.41) is 6.65. The fourth-order valence-corrected chi connectivity index (χ4v) is 3.52. The Morgan fingerprint density at radius 3 is 2.83 bits per heavy atom. The van der Waals surface area contributed by atoms with E-state index in [2.05, 4.69) is 10.2 Å². The van der Waals surface area contributed by atoms with E-state index in [1.54, 1.807) is 0 Å². The van der Waals surface area contributed by atoms with Crippen LogP contribution in [0.4, 0.5) is 4.39 Å². The Labute approximate surface area is 137 Å². The minimum absolute atomic E-state index is 0.000754. The van der Waals surface area contributed by atoms with Crippen molar-refractivity contribution in [2.75, 3.05) is 0 Å². The Balaban J connectivity index is 1.71. The summed E-state index contributed by atoms with van der Waals surface area (Å²) in [4.78, 5) is 12.0. The molecule has 2 N–H and O–H groups in total. The summed E-state index contributed by atoms with van der Waals surface area (Å²) < 4.78 is 39.2. The topological polar surface area (TPSA) is 91.9 Å². The summed E-state index contributed by atoms with van der Waals surface area (Å²) in [6.45, 7) is 0. The van der Waals surface area contributed by atoms with Crippen molar-refractivity contribution >= 4 is 27.5 Å². The van der Waals surface area contributed by atoms with Gasteiger partial charge in [-0.05, 0) is 42.7 Å². The van der Waals surface area contributed by atoms with Crippen LogP contribution >= 0.6 is 11.6 Å². The minimum atomic E-state index is -4.02. The number of nitrogens with zero attached hydrogens (tertiary/aromatic N) is 1. The number of amides is 1. The van der Waals surface area contributed by atoms with Crippen molar-refractivity contribution in [2.45, 2.75) is 24.5 Å². The number of sulfonamides is 1. The van der Waals surface area contributed by atoms with Crippen molar-refractivity contribution in [3.8, 4) is 0 Å². The first-order valence-corrected chi connectivity index (χ1v) is 8.91. The number of carbonyl (C=O) groups is 1. The van der Waals surface area contributed by atoms with E-state index in [0.29, 0.717) is 5.92 Å². The van der Waals surface area contributed by atoms with E-state index in [9.17, 15) is 17.6 Å². The maximum atomic E-state index is 13.2. The van der Waals surface area contributed by atoms with Gasteiger partial charge in [-0.1, -0.05) is 11.6 Å². The quantitative estimate of drug-likeness (QED) is 0.859. The third-order valence-electron chi connectivity index (χ3n) is 3.45. The molecule has 0 saturated heterocycles. The predicted molar refractivity (Wildman–Crippen MR) is 82.1 cm³/mol. The normalized spacial score (nSPS) is 14.7. The Bertz CT molecular complexity index is 862. The van der Waals surface area contributed by atoms with Crippen LogP contribution in [0, 0.1) is 5.82 Å². The molecule has 0 bridgehead atoms. The molecule has 1 aromatic carbocycles. The van der Waals surface area contributed by atoms with Crippen molar-refractivity contribution in [3.63, 3.8) is 0 Å². The zero-order valence-corrected chi connectivity index (χ0v) is 13.4. The van der Waals surface area contributed by atoms with E-state index in [1.807, 2.05) is 4.72 Å². The zero-order chi connectivity index (χ0) is 16.6. The molecule has 1 heterocycles. The molecule has 1 saturated carbocycles. The third kappa shape index (κ3) is 3.89. The molecule has 3 rings (SSSR count). The van der Waals surface area contributed by atoms with Gasteiger partial charge in [0, 0.05) is 16.6 Å². The van der Waals surface area contributed by atoms with Crippen LogP contribution in [0.2, 0.25) is 5.02 Å². The first-order chi connectivity index (χ1) is 10.8. The van der Waals surface area contributed by atoms with E-state index in [-0.39, 0.29) is 16.3 Å². The first kappa shape index (κ1) is 15.9. The predicted octanol–water partition coefficient (Wildman–Crippen LogP) is 2.34. The number of hydrogen-bond donors (Lipinski definition) is 2. The minimum Gasteiger partial charge on any atom is -0.281 e. The Kier molecular flexibility index (Phi) is 4.11. The Morgan fingerprint density at radius 1 is 1.39 bits per heavy atom. The lowest BCUT2D eigenvalue weighted by atomic mass is 10.2. The number of nitrogens with one attached hydrogen (secondary N) is 2. The van der Waals surface area contributed by atoms with Crippen molar-refractivity contribution in [1.29, 1.82) is 0 Å². The molecule has 122 valence electrons. The molecule has 6 nitrogen and oxygen atoms in total. The summed E-state index contributed by atoms with van der Waals surface area (Å²) in [6.07, 6.45) is 2.05. The van der Waals surface area contributed by atoms with Gasteiger partial charge in [0.05, 0.1) is 5.75 Å². The average molecular weight is 358 g/mol. The fraction of sp³-hybridized carbons (Fsp3) is 0.286. The van der Waals surface area contributed by atoms with Gasteiger partial charge >= 0.3 is 0 Å². The Hall–Kier alpha value is -1.93. The van der Waals surface area contributed by atoms with Crippen LogP contribution < -0.4 is 4.72 Å². The van der Waals surface area contributed by atoms with Gasteiger partial charge in [0.1, 0.15) is 5.82 Å². The monoisotopic (exact) mass is 357 g/mol. The van der Waals surface area contributed by atoms with Crippen LogP contribution in [0.3, 0.4) is 0 Å². The lowest BCUT2D eigenvalue weighted by Crippen LogP contribution is -2.32. The van der Waals surface area contributed by atoms with Gasteiger partial charge in [-0.15, -0.1) is 0 Å². The number of hydrogen-bond acceptors (Lipinski definition) is 4. The molecule has 1 aliphatic carbocycles. The van der Waals surface area contributed by atoms with Gasteiger partial charge in [0.25, 0.3) is 5.91 Å². The summed E-state index contributed by atoms with van der Waals surface area (Å²) in [5.74, 6) is -1.67. The van der Waals surface area contributed by atoms with Gasteiger partial charge in [-0.25, -0.2) is 17.5 Å². The van der Waals surface area contributed by atoms with E-state index in [4.69, 9.17) is 11.6 Å². The molecule has 0 aliphatic heterocycles. The van der Waals surface area contributed by atoms with Gasteiger partial charge in [-0.2, -0.15) is 5.10 Å². The average Bonchev–Trinajstić information content (AvgIpc) is 3.19. The van der Waals surface area contributed by atoms with E-state index in [1.165, 1.54) is 12.1 Å². The van der Waals surface area contributed by atoms with E-state index >= 15 is 0 Å². The molecule has 9 heteroatoms. The molecule has 0 radical (unpaired) electrons. The van der Waals surface area contributed by atoms with E-state index in [0.717, 1.165) is 30.7 Å². The van der Waals surface area contributed by atoms with Crippen LogP contribution in [0.25, 0.3) is 0 Å². The van der Waals surface area contributed by atoms with Crippen molar-refractivity contribution in [2.24, 2.45) is 0 Å². The summed E-state index contributed by atoms with van der Waals surface area (Å²) >= 11 is 5.84. The van der Waals surface area contributed by atoms with Gasteiger partial charge in [0.2, 0.25) is 10.0 Å². The van der Waals surface area contributed by atoms with Gasteiger partial charge in [0.15, 0.2) is 5.69 Å². The molecule has 1 aliphatic rings. The zero-order valence-electron chi connectivity index (χ0n) is 11.8. The summed E-state index contributed by atoms with van der Waals surface area (Å²) in [7, 11) is -4.02. The molecule has 1 amide bonds. The molecule has 23 heavy (non-hydrogen) atoms. The molecule has 0 spiro atoms. The standard InChI is InChI=1S/C14H13ClFN3O3S/c15-11-4-3-10(16)5-9(11)7-23(21,22)19-14(20)13-6-12(17-18-13)8-1-2-8/h3-6,8H,1-2,7H2,(H,17,18)(H,19,20). The lowest BCUT2D eigenvalue weighted by Gasteiger charge is -2.07. The number of H-pyrrole nitrogens is 1. The maximum Gasteiger partial charge on any atom is 0.285 e. The highest BCUT2D eigenvalue weighted by molar-refractivity contribution is 7.89. The highest BCUT2D eigenvalue weighted by atomic mass is 35.5. The SMILES string of the molecule is O=C(NS(=O)(=O)Cc1cc(F)ccc1Cl)c1cc(C2CC2)[nH]n1. The number of aromatic nitrogens is 2. The Morgan fingerprint density at radius 2 is 2.13 bits per heavy atom. The van der Waals surface area contributed by atoms with Gasteiger partial charge in [-0.3, -0.25) is 9.89 Å². The molecule has 1 aromatic heterocycles. The fourth-order valence-electron chi connectivity index (χ4n) is 2.14. The largest absolute Gasteiger partial charge is 0.285 e. The molecular weight excluding hydrogens is 345 g/mol. The second-order valence-corrected chi connectivity index (χ2v) is 7.54. The smallest absolute Gasteiger partial charge is 0.281 e. The van der Waals surface area contributed by atoms with Crippen molar-refractivity contribution in [3.05, 3.63) is 52.1 Å². The lowest BCUT2D eigenvalue weighted by molar-refractivity contribution is 0.0976. The second-order valence-electron chi connectivity index (χ2n) is 5.41. The number of aromatic amines is 1. The highest BCUT2D eigenvalue weighted by Crippen LogP contribution is 2.38. The first-order valence-electron chi connectivity index (χ1n) is 6.88.